The fourth-order valence-corrected chi connectivity index (χ4v) is 10.7. The lowest BCUT2D eigenvalue weighted by molar-refractivity contribution is -0.155. The maximum atomic E-state index is 12.8. The molecule has 0 N–H and O–H groups in total. The Morgan fingerprint density at radius 1 is 0.788 bits per heavy atom. The van der Waals surface area contributed by atoms with E-state index < -0.39 is 5.41 Å². The molecule has 8 atom stereocenters. The molecule has 0 bridgehead atoms. The van der Waals surface area contributed by atoms with E-state index in [1.165, 1.54) is 57.8 Å². The molecule has 0 heterocycles. The van der Waals surface area contributed by atoms with E-state index in [4.69, 9.17) is 0 Å². The van der Waals surface area contributed by atoms with Crippen LogP contribution in [0.1, 0.15) is 125 Å². The van der Waals surface area contributed by atoms with Gasteiger partial charge in [0.05, 0.1) is 5.41 Å². The van der Waals surface area contributed by atoms with Gasteiger partial charge in [0.15, 0.2) is 0 Å². The maximum absolute atomic E-state index is 12.8. The molecule has 5 aliphatic rings. The molecule has 5 rings (SSSR count). The molecule has 186 valence electrons. The molecule has 2 nitrogen and oxygen atoms in total. The normalized spacial score (nSPS) is 45.2. The minimum absolute atomic E-state index is 0.290. The second-order valence-electron chi connectivity index (χ2n) is 14.3. The van der Waals surface area contributed by atoms with Gasteiger partial charge in [0, 0.05) is 12.8 Å². The summed E-state index contributed by atoms with van der Waals surface area (Å²) in [5.41, 5.74) is 0.346. The summed E-state index contributed by atoms with van der Waals surface area (Å²) in [4.78, 5) is 25.6. The molecular formula is C31H50O2. The highest BCUT2D eigenvalue weighted by molar-refractivity contribution is 6.12. The molecule has 0 aromatic heterocycles. The van der Waals surface area contributed by atoms with Crippen LogP contribution < -0.4 is 0 Å². The van der Waals surface area contributed by atoms with E-state index in [-0.39, 0.29) is 11.6 Å². The van der Waals surface area contributed by atoms with Gasteiger partial charge in [0.1, 0.15) is 11.6 Å². The van der Waals surface area contributed by atoms with Gasteiger partial charge in [0.2, 0.25) is 0 Å². The van der Waals surface area contributed by atoms with Gasteiger partial charge >= 0.3 is 0 Å². The predicted molar refractivity (Wildman–Crippen MR) is 135 cm³/mol. The van der Waals surface area contributed by atoms with Crippen molar-refractivity contribution in [2.45, 2.75) is 125 Å². The van der Waals surface area contributed by atoms with Crippen molar-refractivity contribution < 1.29 is 9.59 Å². The zero-order valence-corrected chi connectivity index (χ0v) is 22.3. The highest BCUT2D eigenvalue weighted by Crippen LogP contribution is 2.70. The van der Waals surface area contributed by atoms with E-state index in [0.717, 1.165) is 54.8 Å². The Balaban J connectivity index is 1.30. The van der Waals surface area contributed by atoms with Crippen molar-refractivity contribution in [1.82, 2.24) is 0 Å². The summed E-state index contributed by atoms with van der Waals surface area (Å²) in [6, 6.07) is 0. The van der Waals surface area contributed by atoms with Crippen LogP contribution in [0.3, 0.4) is 0 Å². The van der Waals surface area contributed by atoms with E-state index in [0.29, 0.717) is 29.6 Å². The zero-order chi connectivity index (χ0) is 23.6. The number of hydrogen-bond acceptors (Lipinski definition) is 2. The van der Waals surface area contributed by atoms with Crippen LogP contribution in [0.15, 0.2) is 0 Å². The molecule has 0 unspecified atom stereocenters. The minimum Gasteiger partial charge on any atom is -0.299 e. The van der Waals surface area contributed by atoms with Crippen LogP contribution >= 0.6 is 0 Å². The highest BCUT2D eigenvalue weighted by Gasteiger charge is 2.63. The SMILES string of the molecule is CC(C)CCC[C@@H](C)[C@H]1CC[C@H]2[C@@H]3CC[C@H]4CC5(CC[C@]4(C)[C@H]3CC[C@]12C)C(=O)CCC5=O. The lowest BCUT2D eigenvalue weighted by Gasteiger charge is -2.62. The first kappa shape index (κ1) is 24.1. The molecule has 5 saturated carbocycles. The molecule has 5 aliphatic carbocycles. The first-order valence-electron chi connectivity index (χ1n) is 14.7. The number of carbonyl (C=O) groups excluding carboxylic acids is 2. The minimum atomic E-state index is -0.565. The molecule has 33 heavy (non-hydrogen) atoms. The molecular weight excluding hydrogens is 404 g/mol. The Bertz CT molecular complexity index is 766. The Hall–Kier alpha value is -0.660. The summed E-state index contributed by atoms with van der Waals surface area (Å²) in [7, 11) is 0. The molecule has 0 aromatic rings. The summed E-state index contributed by atoms with van der Waals surface area (Å²) >= 11 is 0. The van der Waals surface area contributed by atoms with Crippen LogP contribution in [0.5, 0.6) is 0 Å². The van der Waals surface area contributed by atoms with Gasteiger partial charge in [-0.1, -0.05) is 53.9 Å². The lowest BCUT2D eigenvalue weighted by atomic mass is 9.42. The van der Waals surface area contributed by atoms with Gasteiger partial charge in [0.25, 0.3) is 0 Å². The van der Waals surface area contributed by atoms with E-state index in [1.807, 2.05) is 0 Å². The Morgan fingerprint density at radius 2 is 1.48 bits per heavy atom. The van der Waals surface area contributed by atoms with Gasteiger partial charge in [-0.25, -0.2) is 0 Å². The van der Waals surface area contributed by atoms with Crippen LogP contribution in [0.2, 0.25) is 0 Å². The molecule has 0 aromatic carbocycles. The molecule has 1 spiro atoms. The Kier molecular flexibility index (Phi) is 6.18. The van der Waals surface area contributed by atoms with Crippen LogP contribution in [-0.2, 0) is 9.59 Å². The van der Waals surface area contributed by atoms with E-state index in [9.17, 15) is 9.59 Å². The fraction of sp³-hybridized carbons (Fsp3) is 0.935. The third kappa shape index (κ3) is 3.62. The average Bonchev–Trinajstić information content (AvgIpc) is 3.26. The Labute approximate surface area is 203 Å². The van der Waals surface area contributed by atoms with Crippen molar-refractivity contribution in [2.24, 2.45) is 57.7 Å². The summed E-state index contributed by atoms with van der Waals surface area (Å²) in [5, 5.41) is 0. The van der Waals surface area contributed by atoms with Gasteiger partial charge in [-0.05, 0) is 110 Å². The number of Topliss-reactive ketones (excluding diaryl/α,β-unsaturated/α-hetero) is 2. The van der Waals surface area contributed by atoms with Gasteiger partial charge in [-0.3, -0.25) is 9.59 Å². The van der Waals surface area contributed by atoms with E-state index in [1.54, 1.807) is 0 Å². The molecule has 0 aliphatic heterocycles. The molecule has 0 saturated heterocycles. The van der Waals surface area contributed by atoms with Crippen molar-refractivity contribution in [3.63, 3.8) is 0 Å². The Morgan fingerprint density at radius 3 is 2.18 bits per heavy atom. The monoisotopic (exact) mass is 454 g/mol. The lowest BCUT2D eigenvalue weighted by Crippen LogP contribution is -2.56. The summed E-state index contributed by atoms with van der Waals surface area (Å²) in [6.07, 6.45) is 16.5. The number of rotatable bonds is 5. The standard InChI is InChI=1S/C31H50O2/c1-20(2)7-6-8-21(3)24-11-12-25-23-10-9-22-19-31(27(32)13-14-28(31)33)18-17-29(22,4)26(23)15-16-30(24,25)5/h20-26H,6-19H2,1-5H3/t21-,22+,23+,24-,25+,26+,29+,30-/m1/s1. The third-order valence-corrected chi connectivity index (χ3v) is 12.6. The second kappa shape index (κ2) is 8.48. The van der Waals surface area contributed by atoms with Gasteiger partial charge < -0.3 is 0 Å². The molecule has 0 radical (unpaired) electrons. The molecule has 0 amide bonds. The maximum Gasteiger partial charge on any atom is 0.146 e. The topological polar surface area (TPSA) is 34.1 Å². The fourth-order valence-electron chi connectivity index (χ4n) is 10.7. The van der Waals surface area contributed by atoms with Gasteiger partial charge in [-0.15, -0.1) is 0 Å². The van der Waals surface area contributed by atoms with Gasteiger partial charge in [-0.2, -0.15) is 0 Å². The third-order valence-electron chi connectivity index (χ3n) is 12.6. The number of carbonyl (C=O) groups is 2. The molecule has 5 fully saturated rings. The predicted octanol–water partition coefficient (Wildman–Crippen LogP) is 8.03. The number of ketones is 2. The van der Waals surface area contributed by atoms with Crippen LogP contribution in [0.25, 0.3) is 0 Å². The molecule has 2 heteroatoms. The second-order valence-corrected chi connectivity index (χ2v) is 14.3. The van der Waals surface area contributed by atoms with Crippen molar-refractivity contribution in [3.8, 4) is 0 Å². The summed E-state index contributed by atoms with van der Waals surface area (Å²) in [6.45, 7) is 12.6. The van der Waals surface area contributed by atoms with Crippen molar-refractivity contribution in [1.29, 1.82) is 0 Å². The van der Waals surface area contributed by atoms with Crippen LogP contribution in [-0.4, -0.2) is 11.6 Å². The summed E-state index contributed by atoms with van der Waals surface area (Å²) < 4.78 is 0. The van der Waals surface area contributed by atoms with E-state index in [2.05, 4.69) is 34.6 Å². The van der Waals surface area contributed by atoms with Crippen LogP contribution in [0.4, 0.5) is 0 Å². The first-order valence-corrected chi connectivity index (χ1v) is 14.7. The number of fused-ring (bicyclic) bond motifs is 5. The highest BCUT2D eigenvalue weighted by atomic mass is 16.2. The van der Waals surface area contributed by atoms with Crippen molar-refractivity contribution in [3.05, 3.63) is 0 Å². The van der Waals surface area contributed by atoms with Crippen molar-refractivity contribution >= 4 is 11.6 Å². The first-order chi connectivity index (χ1) is 15.6. The average molecular weight is 455 g/mol. The van der Waals surface area contributed by atoms with Crippen LogP contribution in [0, 0.1) is 57.7 Å². The zero-order valence-electron chi connectivity index (χ0n) is 22.3. The summed E-state index contributed by atoms with van der Waals surface area (Å²) in [5.74, 6) is 6.43. The quantitative estimate of drug-likeness (QED) is 0.394. The smallest absolute Gasteiger partial charge is 0.146 e. The number of hydrogen-bond donors (Lipinski definition) is 0. The van der Waals surface area contributed by atoms with Crippen molar-refractivity contribution in [2.75, 3.05) is 0 Å². The largest absolute Gasteiger partial charge is 0.299 e. The van der Waals surface area contributed by atoms with E-state index >= 15 is 0 Å².